The minimum absolute atomic E-state index is 0.0225. The molecule has 0 aliphatic carbocycles. The first kappa shape index (κ1) is 22.4. The Labute approximate surface area is 153 Å². The van der Waals surface area contributed by atoms with Gasteiger partial charge in [0, 0.05) is 31.7 Å². The molecule has 27 heavy (non-hydrogen) atoms. The molecule has 1 aliphatic heterocycles. The van der Waals surface area contributed by atoms with Crippen molar-refractivity contribution in [1.29, 1.82) is 0 Å². The highest BCUT2D eigenvalue weighted by atomic mass is 19.4. The lowest BCUT2D eigenvalue weighted by Gasteiger charge is -2.27. The fourth-order valence-electron chi connectivity index (χ4n) is 2.26. The second kappa shape index (κ2) is 9.86. The number of ether oxygens (including phenoxy) is 3. The number of hydrogen-bond acceptors (Lipinski definition) is 6. The van der Waals surface area contributed by atoms with Crippen molar-refractivity contribution in [3.63, 3.8) is 0 Å². The van der Waals surface area contributed by atoms with Crippen LogP contribution in [0.5, 0.6) is 17.2 Å². The van der Waals surface area contributed by atoms with Crippen molar-refractivity contribution in [2.45, 2.75) is 6.18 Å². The van der Waals surface area contributed by atoms with Crippen molar-refractivity contribution in [2.75, 3.05) is 47.5 Å². The van der Waals surface area contributed by atoms with Crippen LogP contribution in [0.4, 0.5) is 13.2 Å². The lowest BCUT2D eigenvalue weighted by molar-refractivity contribution is -0.192. The highest BCUT2D eigenvalue weighted by Gasteiger charge is 2.38. The van der Waals surface area contributed by atoms with Gasteiger partial charge in [-0.3, -0.25) is 4.79 Å². The van der Waals surface area contributed by atoms with Gasteiger partial charge in [-0.05, 0) is 12.1 Å². The summed E-state index contributed by atoms with van der Waals surface area (Å²) in [6, 6.07) is 3.37. The molecule has 0 saturated carbocycles. The zero-order valence-electron chi connectivity index (χ0n) is 15.1. The number of amides is 1. The molecule has 1 heterocycles. The van der Waals surface area contributed by atoms with E-state index in [1.807, 2.05) is 4.90 Å². The number of hydrogen-bond donors (Lipinski definition) is 2. The van der Waals surface area contributed by atoms with E-state index in [9.17, 15) is 18.0 Å². The minimum Gasteiger partial charge on any atom is -0.493 e. The Kier molecular flexibility index (Phi) is 8.16. The molecular weight excluding hydrogens is 373 g/mol. The Morgan fingerprint density at radius 3 is 1.81 bits per heavy atom. The number of benzene rings is 1. The van der Waals surface area contributed by atoms with E-state index >= 15 is 0 Å². The predicted molar refractivity (Wildman–Crippen MR) is 88.6 cm³/mol. The fraction of sp³-hybridized carbons (Fsp3) is 0.500. The monoisotopic (exact) mass is 394 g/mol. The molecule has 0 unspecified atom stereocenters. The first-order chi connectivity index (χ1) is 12.6. The Bertz CT molecular complexity index is 635. The van der Waals surface area contributed by atoms with Crippen molar-refractivity contribution in [2.24, 2.45) is 0 Å². The van der Waals surface area contributed by atoms with Crippen LogP contribution in [0.3, 0.4) is 0 Å². The second-order valence-corrected chi connectivity index (χ2v) is 5.26. The van der Waals surface area contributed by atoms with Crippen LogP contribution in [0.2, 0.25) is 0 Å². The number of alkyl halides is 3. The van der Waals surface area contributed by atoms with Gasteiger partial charge in [-0.1, -0.05) is 0 Å². The Hall–Kier alpha value is -2.69. The third-order valence-electron chi connectivity index (χ3n) is 3.56. The maximum atomic E-state index is 12.5. The van der Waals surface area contributed by atoms with E-state index in [0.29, 0.717) is 35.9 Å². The Morgan fingerprint density at radius 2 is 1.48 bits per heavy atom. The van der Waals surface area contributed by atoms with Gasteiger partial charge in [-0.15, -0.1) is 0 Å². The van der Waals surface area contributed by atoms with Crippen molar-refractivity contribution in [1.82, 2.24) is 10.2 Å². The third-order valence-corrected chi connectivity index (χ3v) is 3.56. The molecule has 0 aromatic heterocycles. The van der Waals surface area contributed by atoms with E-state index in [4.69, 9.17) is 24.1 Å². The fourth-order valence-corrected chi connectivity index (χ4v) is 2.26. The normalized spacial score (nSPS) is 13.9. The number of rotatable bonds is 4. The number of aliphatic carboxylic acids is 1. The third kappa shape index (κ3) is 6.20. The van der Waals surface area contributed by atoms with Crippen molar-refractivity contribution >= 4 is 11.9 Å². The number of piperazine rings is 1. The summed E-state index contributed by atoms with van der Waals surface area (Å²) in [6.45, 7) is 3.04. The minimum atomic E-state index is -5.08. The summed E-state index contributed by atoms with van der Waals surface area (Å²) < 4.78 is 47.5. The maximum absolute atomic E-state index is 12.5. The molecule has 2 rings (SSSR count). The van der Waals surface area contributed by atoms with Crippen LogP contribution in [0.1, 0.15) is 10.4 Å². The van der Waals surface area contributed by atoms with E-state index < -0.39 is 12.1 Å². The predicted octanol–water partition coefficient (Wildman–Crippen LogP) is 1.39. The molecule has 11 heteroatoms. The summed E-state index contributed by atoms with van der Waals surface area (Å²) in [5.74, 6) is -1.30. The van der Waals surface area contributed by atoms with Crippen molar-refractivity contribution < 1.29 is 42.1 Å². The molecule has 8 nitrogen and oxygen atoms in total. The zero-order chi connectivity index (χ0) is 20.6. The summed E-state index contributed by atoms with van der Waals surface area (Å²) in [5.41, 5.74) is 0.543. The van der Waals surface area contributed by atoms with Gasteiger partial charge in [0.25, 0.3) is 5.91 Å². The lowest BCUT2D eigenvalue weighted by Crippen LogP contribution is -2.46. The highest BCUT2D eigenvalue weighted by molar-refractivity contribution is 5.95. The molecule has 1 aromatic rings. The number of nitrogens with zero attached hydrogens (tertiary/aromatic N) is 1. The first-order valence-corrected chi connectivity index (χ1v) is 7.75. The first-order valence-electron chi connectivity index (χ1n) is 7.75. The molecule has 1 aliphatic rings. The van der Waals surface area contributed by atoms with E-state index in [1.54, 1.807) is 12.1 Å². The van der Waals surface area contributed by atoms with Crippen LogP contribution >= 0.6 is 0 Å². The summed E-state index contributed by atoms with van der Waals surface area (Å²) in [5, 5.41) is 10.3. The topological polar surface area (TPSA) is 97.3 Å². The van der Waals surface area contributed by atoms with Crippen LogP contribution < -0.4 is 19.5 Å². The number of methoxy groups -OCH3 is 3. The molecule has 1 saturated heterocycles. The summed E-state index contributed by atoms with van der Waals surface area (Å²) in [6.07, 6.45) is -5.08. The average molecular weight is 394 g/mol. The standard InChI is InChI=1S/C14H20N2O4.C2HF3O2/c1-18-11-8-10(9-12(19-2)13(11)20-3)14(17)16-6-4-15-5-7-16;3-2(4,5)1(6)7/h8-9,15H,4-7H2,1-3H3;(H,6,7). The number of halogens is 3. The Morgan fingerprint density at radius 1 is 1.04 bits per heavy atom. The summed E-state index contributed by atoms with van der Waals surface area (Å²) in [7, 11) is 4.62. The second-order valence-electron chi connectivity index (χ2n) is 5.26. The largest absolute Gasteiger partial charge is 0.493 e. The number of carboxylic acid groups (broad SMARTS) is 1. The maximum Gasteiger partial charge on any atom is 0.490 e. The van der Waals surface area contributed by atoms with Crippen LogP contribution in [-0.2, 0) is 4.79 Å². The number of carbonyl (C=O) groups is 2. The van der Waals surface area contributed by atoms with Crippen molar-refractivity contribution in [3.8, 4) is 17.2 Å². The van der Waals surface area contributed by atoms with Gasteiger partial charge in [0.15, 0.2) is 11.5 Å². The number of carbonyl (C=O) groups excluding carboxylic acids is 1. The van der Waals surface area contributed by atoms with Gasteiger partial charge < -0.3 is 29.5 Å². The molecule has 0 atom stereocenters. The van der Waals surface area contributed by atoms with Crippen LogP contribution in [0.25, 0.3) is 0 Å². The SMILES string of the molecule is COc1cc(C(=O)N2CCNCC2)cc(OC)c1OC.O=C(O)C(F)(F)F. The van der Waals surface area contributed by atoms with E-state index in [1.165, 1.54) is 21.3 Å². The Balaban J connectivity index is 0.000000445. The molecule has 1 fully saturated rings. The summed E-state index contributed by atoms with van der Waals surface area (Å²) in [4.78, 5) is 23.2. The smallest absolute Gasteiger partial charge is 0.490 e. The van der Waals surface area contributed by atoms with Crippen LogP contribution in [0.15, 0.2) is 12.1 Å². The van der Waals surface area contributed by atoms with Crippen LogP contribution in [0, 0.1) is 0 Å². The molecule has 2 N–H and O–H groups in total. The van der Waals surface area contributed by atoms with E-state index in [2.05, 4.69) is 5.32 Å². The van der Waals surface area contributed by atoms with E-state index in [0.717, 1.165) is 13.1 Å². The molecule has 0 radical (unpaired) electrons. The van der Waals surface area contributed by atoms with Gasteiger partial charge in [-0.2, -0.15) is 13.2 Å². The molecule has 0 bridgehead atoms. The average Bonchev–Trinajstić information content (AvgIpc) is 2.66. The lowest BCUT2D eigenvalue weighted by atomic mass is 10.1. The number of nitrogens with one attached hydrogen (secondary N) is 1. The molecular formula is C16H21F3N2O6. The van der Waals surface area contributed by atoms with Crippen LogP contribution in [-0.4, -0.2) is 75.6 Å². The van der Waals surface area contributed by atoms with Gasteiger partial charge >= 0.3 is 12.1 Å². The molecule has 0 spiro atoms. The van der Waals surface area contributed by atoms with Gasteiger partial charge in [0.05, 0.1) is 21.3 Å². The highest BCUT2D eigenvalue weighted by Crippen LogP contribution is 2.38. The van der Waals surface area contributed by atoms with Gasteiger partial charge in [-0.25, -0.2) is 4.79 Å². The zero-order valence-corrected chi connectivity index (χ0v) is 15.1. The molecule has 1 amide bonds. The van der Waals surface area contributed by atoms with Gasteiger partial charge in [0.1, 0.15) is 0 Å². The molecule has 1 aromatic carbocycles. The van der Waals surface area contributed by atoms with Gasteiger partial charge in [0.2, 0.25) is 5.75 Å². The van der Waals surface area contributed by atoms with E-state index in [-0.39, 0.29) is 5.91 Å². The van der Waals surface area contributed by atoms with Crippen molar-refractivity contribution in [3.05, 3.63) is 17.7 Å². The molecule has 152 valence electrons. The summed E-state index contributed by atoms with van der Waals surface area (Å²) >= 11 is 0. The quantitative estimate of drug-likeness (QED) is 0.797. The number of carboxylic acids is 1.